The Morgan fingerprint density at radius 1 is 1.15 bits per heavy atom. The zero-order valence-corrected chi connectivity index (χ0v) is 15.8. The molecule has 0 spiro atoms. The molecule has 0 aliphatic carbocycles. The van der Waals surface area contributed by atoms with E-state index in [9.17, 15) is 14.4 Å². The summed E-state index contributed by atoms with van der Waals surface area (Å²) in [6, 6.07) is 6.44. The predicted octanol–water partition coefficient (Wildman–Crippen LogP) is 1.99. The van der Waals surface area contributed by atoms with Gasteiger partial charge in [0.2, 0.25) is 5.91 Å². The number of imide groups is 1. The van der Waals surface area contributed by atoms with Crippen LogP contribution in [0.4, 0.5) is 5.69 Å². The molecular formula is C20H26N2O5. The SMILES string of the molecule is CCOC(=O)[C@@H]1CCCN([C@@H]2CC(=O)N(c3ccc(OCC)cc3)C2=O)C1. The van der Waals surface area contributed by atoms with E-state index in [1.165, 1.54) is 4.90 Å². The van der Waals surface area contributed by atoms with Crippen molar-refractivity contribution in [3.63, 3.8) is 0 Å². The third-order valence-corrected chi connectivity index (χ3v) is 5.04. The number of hydrogen-bond acceptors (Lipinski definition) is 6. The average molecular weight is 374 g/mol. The number of esters is 1. The van der Waals surface area contributed by atoms with Gasteiger partial charge in [0.15, 0.2) is 0 Å². The molecule has 0 unspecified atom stereocenters. The van der Waals surface area contributed by atoms with Gasteiger partial charge < -0.3 is 9.47 Å². The van der Waals surface area contributed by atoms with E-state index in [1.54, 1.807) is 31.2 Å². The van der Waals surface area contributed by atoms with Crippen molar-refractivity contribution in [1.82, 2.24) is 4.90 Å². The van der Waals surface area contributed by atoms with Gasteiger partial charge in [0, 0.05) is 6.54 Å². The first kappa shape index (κ1) is 19.4. The fraction of sp³-hybridized carbons (Fsp3) is 0.550. The van der Waals surface area contributed by atoms with Crippen LogP contribution in [0.1, 0.15) is 33.1 Å². The molecule has 0 aromatic heterocycles. The van der Waals surface area contributed by atoms with Crippen LogP contribution in [-0.2, 0) is 19.1 Å². The minimum absolute atomic E-state index is 0.140. The number of hydrogen-bond donors (Lipinski definition) is 0. The molecule has 3 rings (SSSR count). The van der Waals surface area contributed by atoms with Gasteiger partial charge >= 0.3 is 5.97 Å². The largest absolute Gasteiger partial charge is 0.494 e. The number of nitrogens with zero attached hydrogens (tertiary/aromatic N) is 2. The Hall–Kier alpha value is -2.41. The molecule has 2 atom stereocenters. The molecule has 0 N–H and O–H groups in total. The predicted molar refractivity (Wildman–Crippen MR) is 99.4 cm³/mol. The van der Waals surface area contributed by atoms with Gasteiger partial charge in [-0.25, -0.2) is 4.90 Å². The first-order chi connectivity index (χ1) is 13.0. The normalized spacial score (nSPS) is 23.6. The van der Waals surface area contributed by atoms with Gasteiger partial charge in [-0.15, -0.1) is 0 Å². The second-order valence-corrected chi connectivity index (χ2v) is 6.80. The van der Waals surface area contributed by atoms with Crippen molar-refractivity contribution >= 4 is 23.5 Å². The Bertz CT molecular complexity index is 703. The van der Waals surface area contributed by atoms with Crippen LogP contribution in [0.3, 0.4) is 0 Å². The molecule has 2 aliphatic rings. The third-order valence-electron chi connectivity index (χ3n) is 5.04. The van der Waals surface area contributed by atoms with E-state index in [-0.39, 0.29) is 30.1 Å². The van der Waals surface area contributed by atoms with Gasteiger partial charge in [-0.05, 0) is 57.5 Å². The molecule has 2 aliphatic heterocycles. The molecule has 0 saturated carbocycles. The van der Waals surface area contributed by atoms with Crippen molar-refractivity contribution in [3.8, 4) is 5.75 Å². The summed E-state index contributed by atoms with van der Waals surface area (Å²) in [6.07, 6.45) is 1.71. The first-order valence-corrected chi connectivity index (χ1v) is 9.55. The van der Waals surface area contributed by atoms with E-state index < -0.39 is 6.04 Å². The lowest BCUT2D eigenvalue weighted by Gasteiger charge is -2.34. The summed E-state index contributed by atoms with van der Waals surface area (Å²) < 4.78 is 10.5. The second kappa shape index (κ2) is 8.52. The van der Waals surface area contributed by atoms with Gasteiger partial charge in [0.1, 0.15) is 5.75 Å². The lowest BCUT2D eigenvalue weighted by molar-refractivity contribution is -0.150. The summed E-state index contributed by atoms with van der Waals surface area (Å²) in [4.78, 5) is 40.7. The molecule has 0 bridgehead atoms. The fourth-order valence-corrected chi connectivity index (χ4v) is 3.77. The third kappa shape index (κ3) is 4.13. The van der Waals surface area contributed by atoms with Crippen molar-refractivity contribution < 1.29 is 23.9 Å². The standard InChI is InChI=1S/C20H26N2O5/c1-3-26-16-9-7-15(8-10-16)22-18(23)12-17(19(22)24)21-11-5-6-14(13-21)20(25)27-4-2/h7-10,14,17H,3-6,11-13H2,1-2H3/t14-,17-/m1/s1. The number of rotatable bonds is 6. The van der Waals surface area contributed by atoms with Crippen molar-refractivity contribution in [2.75, 3.05) is 31.2 Å². The summed E-state index contributed by atoms with van der Waals surface area (Å²) in [5.41, 5.74) is 0.551. The summed E-state index contributed by atoms with van der Waals surface area (Å²) in [5.74, 6) is -0.199. The van der Waals surface area contributed by atoms with E-state index in [4.69, 9.17) is 9.47 Å². The molecule has 2 heterocycles. The zero-order valence-electron chi connectivity index (χ0n) is 15.8. The van der Waals surface area contributed by atoms with Gasteiger partial charge in [-0.3, -0.25) is 19.3 Å². The maximum absolute atomic E-state index is 12.9. The van der Waals surface area contributed by atoms with Crippen molar-refractivity contribution in [2.45, 2.75) is 39.2 Å². The van der Waals surface area contributed by atoms with Crippen LogP contribution in [0.2, 0.25) is 0 Å². The number of benzene rings is 1. The molecule has 0 radical (unpaired) electrons. The Labute approximate surface area is 159 Å². The quantitative estimate of drug-likeness (QED) is 0.560. The van der Waals surface area contributed by atoms with E-state index in [0.717, 1.165) is 12.8 Å². The van der Waals surface area contributed by atoms with Gasteiger partial charge in [0.05, 0.1) is 37.3 Å². The maximum atomic E-state index is 12.9. The van der Waals surface area contributed by atoms with Crippen LogP contribution >= 0.6 is 0 Å². The number of ether oxygens (including phenoxy) is 2. The highest BCUT2D eigenvalue weighted by atomic mass is 16.5. The number of anilines is 1. The summed E-state index contributed by atoms with van der Waals surface area (Å²) >= 11 is 0. The van der Waals surface area contributed by atoms with Crippen LogP contribution in [-0.4, -0.2) is 55.0 Å². The number of amides is 2. The van der Waals surface area contributed by atoms with E-state index in [2.05, 4.69) is 0 Å². The lowest BCUT2D eigenvalue weighted by Crippen LogP contribution is -2.48. The van der Waals surface area contributed by atoms with Crippen LogP contribution in [0.25, 0.3) is 0 Å². The molecule has 7 heteroatoms. The minimum Gasteiger partial charge on any atom is -0.494 e. The number of likely N-dealkylation sites (tertiary alicyclic amines) is 1. The summed E-state index contributed by atoms with van der Waals surface area (Å²) in [7, 11) is 0. The zero-order chi connectivity index (χ0) is 19.4. The number of carbonyl (C=O) groups is 3. The van der Waals surface area contributed by atoms with Gasteiger partial charge in [-0.2, -0.15) is 0 Å². The van der Waals surface area contributed by atoms with Crippen LogP contribution in [0.15, 0.2) is 24.3 Å². The summed E-state index contributed by atoms with van der Waals surface area (Å²) in [6.45, 7) is 5.75. The van der Waals surface area contributed by atoms with Crippen molar-refractivity contribution in [3.05, 3.63) is 24.3 Å². The molecule has 146 valence electrons. The molecule has 2 amide bonds. The minimum atomic E-state index is -0.513. The molecule has 2 saturated heterocycles. The molecule has 1 aromatic carbocycles. The van der Waals surface area contributed by atoms with E-state index in [0.29, 0.717) is 37.7 Å². The van der Waals surface area contributed by atoms with E-state index >= 15 is 0 Å². The first-order valence-electron chi connectivity index (χ1n) is 9.55. The van der Waals surface area contributed by atoms with Crippen molar-refractivity contribution in [1.29, 1.82) is 0 Å². The maximum Gasteiger partial charge on any atom is 0.310 e. The Morgan fingerprint density at radius 3 is 2.56 bits per heavy atom. The monoisotopic (exact) mass is 374 g/mol. The topological polar surface area (TPSA) is 76.2 Å². The highest BCUT2D eigenvalue weighted by molar-refractivity contribution is 6.22. The highest BCUT2D eigenvalue weighted by Crippen LogP contribution is 2.30. The number of piperidine rings is 1. The second-order valence-electron chi connectivity index (χ2n) is 6.80. The Kier molecular flexibility index (Phi) is 6.11. The van der Waals surface area contributed by atoms with Gasteiger partial charge in [-0.1, -0.05) is 0 Å². The molecule has 1 aromatic rings. The van der Waals surface area contributed by atoms with Crippen LogP contribution < -0.4 is 9.64 Å². The highest BCUT2D eigenvalue weighted by Gasteiger charge is 2.44. The molecule has 2 fully saturated rings. The molecule has 27 heavy (non-hydrogen) atoms. The molecular weight excluding hydrogens is 348 g/mol. The van der Waals surface area contributed by atoms with E-state index in [1.807, 2.05) is 11.8 Å². The lowest BCUT2D eigenvalue weighted by atomic mass is 9.96. The smallest absolute Gasteiger partial charge is 0.310 e. The summed E-state index contributed by atoms with van der Waals surface area (Å²) in [5, 5.41) is 0. The van der Waals surface area contributed by atoms with Crippen molar-refractivity contribution in [2.24, 2.45) is 5.92 Å². The Balaban J connectivity index is 1.70. The molecule has 7 nitrogen and oxygen atoms in total. The fourth-order valence-electron chi connectivity index (χ4n) is 3.77. The average Bonchev–Trinajstić information content (AvgIpc) is 2.97. The van der Waals surface area contributed by atoms with Crippen LogP contribution in [0, 0.1) is 5.92 Å². The Morgan fingerprint density at radius 2 is 1.89 bits per heavy atom. The van der Waals surface area contributed by atoms with Gasteiger partial charge in [0.25, 0.3) is 5.91 Å². The number of carbonyl (C=O) groups excluding carboxylic acids is 3. The van der Waals surface area contributed by atoms with Crippen LogP contribution in [0.5, 0.6) is 5.75 Å².